The van der Waals surface area contributed by atoms with Crippen molar-refractivity contribution < 1.29 is 22.4 Å². The van der Waals surface area contributed by atoms with Crippen molar-refractivity contribution in [2.45, 2.75) is 76.1 Å². The Hall–Kier alpha value is -2.01. The minimum atomic E-state index is -3.75. The van der Waals surface area contributed by atoms with Gasteiger partial charge in [-0.3, -0.25) is 15.0 Å². The van der Waals surface area contributed by atoms with Crippen molar-refractivity contribution in [3.63, 3.8) is 0 Å². The molecule has 3 rings (SSSR count). The number of nitrogens with one attached hydrogen (secondary N) is 3. The lowest BCUT2D eigenvalue weighted by Gasteiger charge is -2.26. The van der Waals surface area contributed by atoms with E-state index in [9.17, 15) is 22.4 Å². The van der Waals surface area contributed by atoms with E-state index in [1.807, 2.05) is 0 Å². The number of hydrogen-bond acceptors (Lipinski definition) is 5. The fourth-order valence-corrected chi connectivity index (χ4v) is 4.84. The van der Waals surface area contributed by atoms with Crippen LogP contribution in [0.25, 0.3) is 0 Å². The summed E-state index contributed by atoms with van der Waals surface area (Å²) in [5.41, 5.74) is 1.53. The van der Waals surface area contributed by atoms with Crippen molar-refractivity contribution in [2.24, 2.45) is 0 Å². The number of hydrogen-bond donors (Lipinski definition) is 3. The van der Waals surface area contributed by atoms with Crippen LogP contribution in [0.3, 0.4) is 0 Å². The average molecular weight is 415 g/mol. The van der Waals surface area contributed by atoms with Gasteiger partial charge in [-0.05, 0) is 39.0 Å². The molecule has 1 aromatic heterocycles. The molecule has 0 aliphatic heterocycles. The molecular formula is C17H26FN5O4S. The van der Waals surface area contributed by atoms with Gasteiger partial charge in [-0.15, -0.1) is 4.83 Å². The second-order valence-electron chi connectivity index (χ2n) is 7.46. The van der Waals surface area contributed by atoms with Gasteiger partial charge in [0.2, 0.25) is 15.9 Å². The lowest BCUT2D eigenvalue weighted by atomic mass is 9.93. The standard InChI is InChI=1S/C17H26FN5O4S/c1-11-15(18)16(23(21-11)10-14(24)19-12-6-5-7-12)17(25)20-22-28(26,27)13-8-3-2-4-9-13/h12-13,22H,2-10H2,1H3,(H,19,24)(H,20,25). The molecule has 0 saturated heterocycles. The normalized spacial score (nSPS) is 18.5. The number of carbonyl (C=O) groups is 2. The average Bonchev–Trinajstić information content (AvgIpc) is 2.91. The Bertz CT molecular complexity index is 844. The van der Waals surface area contributed by atoms with Gasteiger partial charge in [-0.2, -0.15) is 5.10 Å². The number of aryl methyl sites for hydroxylation is 1. The first-order chi connectivity index (χ1) is 13.3. The maximum absolute atomic E-state index is 14.4. The summed E-state index contributed by atoms with van der Waals surface area (Å²) in [7, 11) is -3.75. The first-order valence-corrected chi connectivity index (χ1v) is 11.2. The van der Waals surface area contributed by atoms with Crippen LogP contribution in [0.15, 0.2) is 0 Å². The Morgan fingerprint density at radius 3 is 2.43 bits per heavy atom. The molecule has 2 aliphatic carbocycles. The number of amides is 2. The number of rotatable bonds is 7. The molecule has 9 nitrogen and oxygen atoms in total. The molecular weight excluding hydrogens is 389 g/mol. The van der Waals surface area contributed by atoms with Crippen molar-refractivity contribution in [1.29, 1.82) is 0 Å². The highest BCUT2D eigenvalue weighted by molar-refractivity contribution is 7.90. The lowest BCUT2D eigenvalue weighted by molar-refractivity contribution is -0.123. The quantitative estimate of drug-likeness (QED) is 0.571. The van der Waals surface area contributed by atoms with Crippen molar-refractivity contribution in [2.75, 3.05) is 0 Å². The molecule has 156 valence electrons. The molecule has 0 spiro atoms. The van der Waals surface area contributed by atoms with Gasteiger partial charge in [-0.1, -0.05) is 19.3 Å². The van der Waals surface area contributed by atoms with Gasteiger partial charge < -0.3 is 5.32 Å². The molecule has 2 saturated carbocycles. The predicted octanol–water partition coefficient (Wildman–Crippen LogP) is 0.896. The number of sulfonamides is 1. The zero-order chi connectivity index (χ0) is 20.3. The Morgan fingerprint density at radius 1 is 1.14 bits per heavy atom. The molecule has 0 atom stereocenters. The number of aromatic nitrogens is 2. The molecule has 2 aliphatic rings. The van der Waals surface area contributed by atoms with E-state index in [1.165, 1.54) is 6.92 Å². The summed E-state index contributed by atoms with van der Waals surface area (Å²) < 4.78 is 40.0. The number of hydrazine groups is 1. The highest BCUT2D eigenvalue weighted by Gasteiger charge is 2.30. The maximum Gasteiger partial charge on any atom is 0.287 e. The summed E-state index contributed by atoms with van der Waals surface area (Å²) in [6.07, 6.45) is 6.52. The minimum Gasteiger partial charge on any atom is -0.352 e. The molecule has 11 heteroatoms. The molecule has 0 aromatic carbocycles. The van der Waals surface area contributed by atoms with Gasteiger partial charge in [0.15, 0.2) is 11.5 Å². The number of carbonyl (C=O) groups excluding carboxylic acids is 2. The molecule has 0 radical (unpaired) electrons. The fraction of sp³-hybridized carbons (Fsp3) is 0.706. The molecule has 28 heavy (non-hydrogen) atoms. The molecule has 2 amide bonds. The molecule has 1 heterocycles. The highest BCUT2D eigenvalue weighted by Crippen LogP contribution is 2.23. The van der Waals surface area contributed by atoms with Crippen LogP contribution < -0.4 is 15.6 Å². The summed E-state index contributed by atoms with van der Waals surface area (Å²) in [5.74, 6) is -2.25. The lowest BCUT2D eigenvalue weighted by Crippen LogP contribution is -2.47. The Balaban J connectivity index is 1.66. The Morgan fingerprint density at radius 2 is 1.82 bits per heavy atom. The Labute approximate surface area is 163 Å². The van der Waals surface area contributed by atoms with E-state index in [0.29, 0.717) is 12.8 Å². The van der Waals surface area contributed by atoms with E-state index in [1.54, 1.807) is 0 Å². The van der Waals surface area contributed by atoms with E-state index in [0.717, 1.165) is 43.2 Å². The number of halogens is 1. The number of nitrogens with zero attached hydrogens (tertiary/aromatic N) is 2. The summed E-state index contributed by atoms with van der Waals surface area (Å²) in [6, 6.07) is 0.105. The summed E-state index contributed by atoms with van der Waals surface area (Å²) >= 11 is 0. The van der Waals surface area contributed by atoms with Gasteiger partial charge in [-0.25, -0.2) is 17.5 Å². The Kier molecular flexibility index (Phi) is 6.33. The SMILES string of the molecule is Cc1nn(CC(=O)NC2CCC2)c(C(=O)NNS(=O)(=O)C2CCCCC2)c1F. The first-order valence-electron chi connectivity index (χ1n) is 9.61. The van der Waals surface area contributed by atoms with Gasteiger partial charge in [0, 0.05) is 6.04 Å². The first kappa shape index (κ1) is 20.7. The van der Waals surface area contributed by atoms with Gasteiger partial charge in [0.1, 0.15) is 6.54 Å². The van der Waals surface area contributed by atoms with E-state index in [2.05, 4.69) is 20.7 Å². The van der Waals surface area contributed by atoms with Crippen LogP contribution in [0.5, 0.6) is 0 Å². The van der Waals surface area contributed by atoms with Crippen LogP contribution in [0.1, 0.15) is 67.5 Å². The third kappa shape index (κ3) is 4.69. The minimum absolute atomic E-state index is 0.0447. The van der Waals surface area contributed by atoms with Gasteiger partial charge in [0.25, 0.3) is 5.91 Å². The van der Waals surface area contributed by atoms with Crippen LogP contribution in [-0.4, -0.2) is 41.3 Å². The second-order valence-corrected chi connectivity index (χ2v) is 9.42. The summed E-state index contributed by atoms with van der Waals surface area (Å²) in [5, 5.41) is 6.12. The van der Waals surface area contributed by atoms with Crippen molar-refractivity contribution >= 4 is 21.8 Å². The van der Waals surface area contributed by atoms with E-state index in [-0.39, 0.29) is 24.2 Å². The largest absolute Gasteiger partial charge is 0.352 e. The molecule has 0 bridgehead atoms. The van der Waals surface area contributed by atoms with Gasteiger partial charge >= 0.3 is 0 Å². The van der Waals surface area contributed by atoms with Crippen LogP contribution in [0.2, 0.25) is 0 Å². The van der Waals surface area contributed by atoms with Crippen molar-refractivity contribution in [3.8, 4) is 0 Å². The molecule has 1 aromatic rings. The fourth-order valence-electron chi connectivity index (χ4n) is 3.49. The van der Waals surface area contributed by atoms with Crippen molar-refractivity contribution in [1.82, 2.24) is 25.4 Å². The zero-order valence-corrected chi connectivity index (χ0v) is 16.6. The monoisotopic (exact) mass is 415 g/mol. The maximum atomic E-state index is 14.4. The van der Waals surface area contributed by atoms with Crippen LogP contribution in [-0.2, 0) is 21.4 Å². The van der Waals surface area contributed by atoms with Crippen LogP contribution in [0, 0.1) is 12.7 Å². The summed E-state index contributed by atoms with van der Waals surface area (Å²) in [4.78, 5) is 26.6. The predicted molar refractivity (Wildman–Crippen MR) is 99.1 cm³/mol. The van der Waals surface area contributed by atoms with Crippen LogP contribution in [0.4, 0.5) is 4.39 Å². The highest BCUT2D eigenvalue weighted by atomic mass is 32.2. The van der Waals surface area contributed by atoms with Crippen molar-refractivity contribution in [3.05, 3.63) is 17.2 Å². The third-order valence-corrected chi connectivity index (χ3v) is 7.07. The molecule has 2 fully saturated rings. The molecule has 3 N–H and O–H groups in total. The van der Waals surface area contributed by atoms with Crippen LogP contribution >= 0.6 is 0 Å². The van der Waals surface area contributed by atoms with E-state index in [4.69, 9.17) is 0 Å². The van der Waals surface area contributed by atoms with Gasteiger partial charge in [0.05, 0.1) is 10.9 Å². The summed E-state index contributed by atoms with van der Waals surface area (Å²) in [6.45, 7) is 1.05. The second kappa shape index (κ2) is 8.56. The van der Waals surface area contributed by atoms with E-state index >= 15 is 0 Å². The zero-order valence-electron chi connectivity index (χ0n) is 15.8. The smallest absolute Gasteiger partial charge is 0.287 e. The molecule has 0 unspecified atom stereocenters. The third-order valence-electron chi connectivity index (χ3n) is 5.33. The van der Waals surface area contributed by atoms with E-state index < -0.39 is 32.7 Å². The topological polar surface area (TPSA) is 122 Å².